The molecule has 1 atom stereocenters. The van der Waals surface area contributed by atoms with Gasteiger partial charge in [-0.05, 0) is 36.8 Å². The number of nitrogens with zero attached hydrogens (tertiary/aromatic N) is 3. The van der Waals surface area contributed by atoms with Crippen LogP contribution in [0, 0.1) is 10.1 Å². The van der Waals surface area contributed by atoms with E-state index in [0.29, 0.717) is 35.3 Å². The summed E-state index contributed by atoms with van der Waals surface area (Å²) in [7, 11) is 1.57. The number of ether oxygens (including phenoxy) is 2. The van der Waals surface area contributed by atoms with E-state index in [1.807, 2.05) is 13.0 Å². The van der Waals surface area contributed by atoms with Crippen LogP contribution in [-0.2, 0) is 0 Å². The first kappa shape index (κ1) is 18.3. The highest BCUT2D eigenvalue weighted by Gasteiger charge is 2.17. The van der Waals surface area contributed by atoms with Crippen molar-refractivity contribution in [3.8, 4) is 22.9 Å². The summed E-state index contributed by atoms with van der Waals surface area (Å²) in [5.74, 6) is 2.10. The van der Waals surface area contributed by atoms with Crippen LogP contribution in [-0.4, -0.2) is 33.8 Å². The quantitative estimate of drug-likeness (QED) is 0.484. The van der Waals surface area contributed by atoms with E-state index in [-0.39, 0.29) is 5.69 Å². The van der Waals surface area contributed by atoms with Gasteiger partial charge in [-0.1, -0.05) is 6.07 Å². The lowest BCUT2D eigenvalue weighted by Crippen LogP contribution is -2.14. The van der Waals surface area contributed by atoms with E-state index < -0.39 is 11.0 Å². The fraction of sp³-hybridized carbons (Fsp3) is 0.222. The van der Waals surface area contributed by atoms with E-state index in [9.17, 15) is 10.1 Å². The molecule has 0 saturated heterocycles. The summed E-state index contributed by atoms with van der Waals surface area (Å²) in [5.41, 5.74) is 7.75. The zero-order chi connectivity index (χ0) is 19.4. The van der Waals surface area contributed by atoms with Gasteiger partial charge in [0.15, 0.2) is 17.3 Å². The molecule has 0 unspecified atom stereocenters. The van der Waals surface area contributed by atoms with Crippen LogP contribution < -0.4 is 15.2 Å². The molecular formula is C18H19N5O4. The highest BCUT2D eigenvalue weighted by molar-refractivity contribution is 5.57. The summed E-state index contributed by atoms with van der Waals surface area (Å²) in [6, 6.07) is 10.9. The average molecular weight is 369 g/mol. The lowest BCUT2D eigenvalue weighted by atomic mass is 10.1. The standard InChI is InChI=1S/C18H19N5O4/c1-3-27-15-10-12(6-9-14(15)26-2)16(19)18-20-17(21-22-18)11-4-7-13(8-5-11)23(24)25/h4-10,16H,3,19H2,1-2H3,(H,20,21,22)/t16-/m1/s1. The molecular weight excluding hydrogens is 350 g/mol. The highest BCUT2D eigenvalue weighted by atomic mass is 16.6. The van der Waals surface area contributed by atoms with Crippen LogP contribution in [0.25, 0.3) is 11.4 Å². The lowest BCUT2D eigenvalue weighted by molar-refractivity contribution is -0.384. The zero-order valence-electron chi connectivity index (χ0n) is 14.9. The Labute approximate surface area is 155 Å². The Morgan fingerprint density at radius 1 is 1.22 bits per heavy atom. The van der Waals surface area contributed by atoms with Gasteiger partial charge in [0.2, 0.25) is 0 Å². The van der Waals surface area contributed by atoms with Crippen LogP contribution in [0.3, 0.4) is 0 Å². The molecule has 0 radical (unpaired) electrons. The maximum absolute atomic E-state index is 10.8. The zero-order valence-corrected chi connectivity index (χ0v) is 14.9. The van der Waals surface area contributed by atoms with Gasteiger partial charge in [-0.3, -0.25) is 15.2 Å². The molecule has 0 amide bonds. The SMILES string of the molecule is CCOc1cc([C@@H](N)c2nc(-c3ccc([N+](=O)[O-])cc3)n[nH]2)ccc1OC. The van der Waals surface area contributed by atoms with Gasteiger partial charge in [-0.25, -0.2) is 4.98 Å². The number of nitrogens with one attached hydrogen (secondary N) is 1. The molecule has 27 heavy (non-hydrogen) atoms. The first-order valence-corrected chi connectivity index (χ1v) is 8.27. The number of benzene rings is 2. The maximum Gasteiger partial charge on any atom is 0.269 e. The number of aromatic nitrogens is 3. The number of rotatable bonds is 7. The number of hydrogen-bond donors (Lipinski definition) is 2. The molecule has 0 aliphatic heterocycles. The van der Waals surface area contributed by atoms with Crippen LogP contribution in [0.2, 0.25) is 0 Å². The number of aromatic amines is 1. The van der Waals surface area contributed by atoms with Crippen molar-refractivity contribution in [2.75, 3.05) is 13.7 Å². The van der Waals surface area contributed by atoms with E-state index >= 15 is 0 Å². The van der Waals surface area contributed by atoms with E-state index in [4.69, 9.17) is 15.2 Å². The Morgan fingerprint density at radius 3 is 2.59 bits per heavy atom. The number of nitrogens with two attached hydrogens (primary N) is 1. The minimum absolute atomic E-state index is 0.00731. The van der Waals surface area contributed by atoms with Gasteiger partial charge in [0.05, 0.1) is 24.7 Å². The second-order valence-electron chi connectivity index (χ2n) is 5.67. The lowest BCUT2D eigenvalue weighted by Gasteiger charge is -2.14. The maximum atomic E-state index is 10.8. The van der Waals surface area contributed by atoms with E-state index in [1.165, 1.54) is 12.1 Å². The summed E-state index contributed by atoms with van der Waals surface area (Å²) in [6.07, 6.45) is 0. The predicted molar refractivity (Wildman–Crippen MR) is 98.7 cm³/mol. The molecule has 140 valence electrons. The van der Waals surface area contributed by atoms with Gasteiger partial charge in [-0.2, -0.15) is 5.10 Å². The second-order valence-corrected chi connectivity index (χ2v) is 5.67. The number of methoxy groups -OCH3 is 1. The largest absolute Gasteiger partial charge is 0.493 e. The van der Waals surface area contributed by atoms with Crippen LogP contribution in [0.1, 0.15) is 24.4 Å². The van der Waals surface area contributed by atoms with Crippen molar-refractivity contribution in [1.82, 2.24) is 15.2 Å². The van der Waals surface area contributed by atoms with Crippen LogP contribution >= 0.6 is 0 Å². The number of H-pyrrole nitrogens is 1. The highest BCUT2D eigenvalue weighted by Crippen LogP contribution is 2.31. The third-order valence-corrected chi connectivity index (χ3v) is 3.98. The van der Waals surface area contributed by atoms with Crippen molar-refractivity contribution in [1.29, 1.82) is 0 Å². The number of nitro benzene ring substituents is 1. The van der Waals surface area contributed by atoms with Gasteiger partial charge in [0.25, 0.3) is 5.69 Å². The van der Waals surface area contributed by atoms with Crippen LogP contribution in [0.15, 0.2) is 42.5 Å². The molecule has 3 rings (SSSR count). The average Bonchev–Trinajstić information content (AvgIpc) is 3.18. The number of nitro groups is 1. The first-order valence-electron chi connectivity index (χ1n) is 8.27. The van der Waals surface area contributed by atoms with Crippen molar-refractivity contribution in [2.24, 2.45) is 5.73 Å². The van der Waals surface area contributed by atoms with Gasteiger partial charge < -0.3 is 15.2 Å². The molecule has 9 nitrogen and oxygen atoms in total. The molecule has 1 aromatic heterocycles. The molecule has 1 heterocycles. The first-order chi connectivity index (χ1) is 13.0. The van der Waals surface area contributed by atoms with Crippen molar-refractivity contribution in [2.45, 2.75) is 13.0 Å². The molecule has 0 saturated carbocycles. The van der Waals surface area contributed by atoms with Gasteiger partial charge >= 0.3 is 0 Å². The van der Waals surface area contributed by atoms with Crippen molar-refractivity contribution >= 4 is 5.69 Å². The van der Waals surface area contributed by atoms with E-state index in [1.54, 1.807) is 31.4 Å². The minimum atomic E-state index is -0.547. The Hall–Kier alpha value is -3.46. The fourth-order valence-corrected chi connectivity index (χ4v) is 2.59. The normalized spacial score (nSPS) is 11.8. The molecule has 0 aliphatic carbocycles. The van der Waals surface area contributed by atoms with Crippen molar-refractivity contribution in [3.05, 3.63) is 64.0 Å². The Balaban J connectivity index is 1.85. The predicted octanol–water partition coefficient (Wildman–Crippen LogP) is 2.84. The van der Waals surface area contributed by atoms with Gasteiger partial charge in [0.1, 0.15) is 5.82 Å². The third kappa shape index (κ3) is 3.87. The summed E-state index contributed by atoms with van der Waals surface area (Å²) in [4.78, 5) is 14.7. The van der Waals surface area contributed by atoms with E-state index in [2.05, 4.69) is 15.2 Å². The smallest absolute Gasteiger partial charge is 0.269 e. The molecule has 9 heteroatoms. The Kier molecular flexibility index (Phi) is 5.32. The number of non-ortho nitro benzene ring substituents is 1. The fourth-order valence-electron chi connectivity index (χ4n) is 2.59. The third-order valence-electron chi connectivity index (χ3n) is 3.98. The van der Waals surface area contributed by atoms with Crippen LogP contribution in [0.5, 0.6) is 11.5 Å². The van der Waals surface area contributed by atoms with Gasteiger partial charge in [-0.15, -0.1) is 0 Å². The summed E-state index contributed by atoms with van der Waals surface area (Å²) in [5, 5.41) is 17.7. The molecule has 3 aromatic rings. The topological polar surface area (TPSA) is 129 Å². The molecule has 0 aliphatic rings. The Morgan fingerprint density at radius 2 is 1.96 bits per heavy atom. The molecule has 3 N–H and O–H groups in total. The van der Waals surface area contributed by atoms with Crippen molar-refractivity contribution in [3.63, 3.8) is 0 Å². The summed E-state index contributed by atoms with van der Waals surface area (Å²) < 4.78 is 10.9. The molecule has 0 spiro atoms. The summed E-state index contributed by atoms with van der Waals surface area (Å²) >= 11 is 0. The molecule has 2 aromatic carbocycles. The monoisotopic (exact) mass is 369 g/mol. The number of hydrogen-bond acceptors (Lipinski definition) is 7. The molecule has 0 fully saturated rings. The van der Waals surface area contributed by atoms with E-state index in [0.717, 1.165) is 5.56 Å². The van der Waals surface area contributed by atoms with Crippen LogP contribution in [0.4, 0.5) is 5.69 Å². The minimum Gasteiger partial charge on any atom is -0.493 e. The Bertz CT molecular complexity index is 939. The molecule has 0 bridgehead atoms. The van der Waals surface area contributed by atoms with Gasteiger partial charge in [0, 0.05) is 17.7 Å². The second kappa shape index (κ2) is 7.83. The summed E-state index contributed by atoms with van der Waals surface area (Å²) in [6.45, 7) is 2.39. The van der Waals surface area contributed by atoms with Crippen molar-refractivity contribution < 1.29 is 14.4 Å².